The molecule has 2 aromatic rings. The molecule has 10 heteroatoms. The van der Waals surface area contributed by atoms with E-state index >= 15 is 0 Å². The Morgan fingerprint density at radius 3 is 2.30 bits per heavy atom. The predicted molar refractivity (Wildman–Crippen MR) is 158 cm³/mol. The second-order valence-corrected chi connectivity index (χ2v) is 14.4. The van der Waals surface area contributed by atoms with Crippen LogP contribution in [0.3, 0.4) is 0 Å². The zero-order chi connectivity index (χ0) is 29.2. The molecule has 0 radical (unpaired) electrons. The van der Waals surface area contributed by atoms with Crippen molar-refractivity contribution in [2.75, 3.05) is 13.1 Å². The van der Waals surface area contributed by atoms with E-state index in [2.05, 4.69) is 0 Å². The van der Waals surface area contributed by atoms with E-state index in [1.807, 2.05) is 44.2 Å². The highest BCUT2D eigenvalue weighted by atomic mass is 35.5. The minimum atomic E-state index is -3.52. The number of nitrogens with zero attached hydrogens (tertiary/aromatic N) is 2. The van der Waals surface area contributed by atoms with Gasteiger partial charge in [0.05, 0.1) is 23.1 Å². The van der Waals surface area contributed by atoms with Crippen LogP contribution in [0.15, 0.2) is 48.5 Å². The molecule has 0 aromatic heterocycles. The quantitative estimate of drug-likeness (QED) is 0.313. The first kappa shape index (κ1) is 30.8. The zero-order valence-corrected chi connectivity index (χ0v) is 25.6. The molecule has 1 N–H and O–H groups in total. The Morgan fingerprint density at radius 1 is 1.10 bits per heavy atom. The Morgan fingerprint density at radius 2 is 1.77 bits per heavy atom. The molecule has 1 saturated carbocycles. The van der Waals surface area contributed by atoms with Crippen LogP contribution < -0.4 is 0 Å². The van der Waals surface area contributed by atoms with Crippen molar-refractivity contribution in [2.24, 2.45) is 5.41 Å². The van der Waals surface area contributed by atoms with Crippen LogP contribution in [0, 0.1) is 5.41 Å². The van der Waals surface area contributed by atoms with Gasteiger partial charge < -0.3 is 10.0 Å². The van der Waals surface area contributed by atoms with Gasteiger partial charge in [-0.1, -0.05) is 74.7 Å². The first-order chi connectivity index (χ1) is 18.9. The van der Waals surface area contributed by atoms with Crippen molar-refractivity contribution in [3.8, 4) is 0 Å². The minimum absolute atomic E-state index is 0.146. The van der Waals surface area contributed by atoms with Crippen molar-refractivity contribution in [1.82, 2.24) is 9.21 Å². The molecule has 1 heterocycles. The van der Waals surface area contributed by atoms with Gasteiger partial charge in [0.25, 0.3) is 0 Å². The summed E-state index contributed by atoms with van der Waals surface area (Å²) in [6, 6.07) is 13.8. The van der Waals surface area contributed by atoms with Gasteiger partial charge in [-0.05, 0) is 61.1 Å². The molecule has 2 fully saturated rings. The highest BCUT2D eigenvalue weighted by Crippen LogP contribution is 2.52. The third-order valence-electron chi connectivity index (χ3n) is 8.60. The van der Waals surface area contributed by atoms with Gasteiger partial charge in [-0.15, -0.1) is 0 Å². The van der Waals surface area contributed by atoms with E-state index in [-0.39, 0.29) is 30.0 Å². The number of rotatable bonds is 11. The van der Waals surface area contributed by atoms with Crippen molar-refractivity contribution in [1.29, 1.82) is 0 Å². The number of aliphatic carboxylic acids is 1. The van der Waals surface area contributed by atoms with E-state index < -0.39 is 33.5 Å². The molecule has 1 aliphatic carbocycles. The number of likely N-dealkylation sites (N-methyl/N-ethyl adjacent to an activating group) is 1. The molecule has 40 heavy (non-hydrogen) atoms. The van der Waals surface area contributed by atoms with Crippen LogP contribution in [-0.2, 0) is 19.6 Å². The third kappa shape index (κ3) is 6.20. The predicted octanol–water partition coefficient (Wildman–Crippen LogP) is 6.51. The molecule has 4 unspecified atom stereocenters. The maximum atomic E-state index is 14.4. The van der Waals surface area contributed by atoms with E-state index in [9.17, 15) is 23.1 Å². The van der Waals surface area contributed by atoms with Crippen LogP contribution in [0.2, 0.25) is 10.0 Å². The molecule has 1 saturated heterocycles. The summed E-state index contributed by atoms with van der Waals surface area (Å²) in [5.74, 6) is -1.62. The summed E-state index contributed by atoms with van der Waals surface area (Å²) in [5.41, 5.74) is 0.549. The fraction of sp³-hybridized carbons (Fsp3) is 0.533. The number of halogens is 2. The number of benzene rings is 2. The maximum Gasteiger partial charge on any atom is 0.304 e. The maximum absolute atomic E-state index is 14.4. The molecular weight excluding hydrogens is 571 g/mol. The van der Waals surface area contributed by atoms with E-state index in [4.69, 9.17) is 23.2 Å². The van der Waals surface area contributed by atoms with Gasteiger partial charge in [0.2, 0.25) is 15.9 Å². The summed E-state index contributed by atoms with van der Waals surface area (Å²) in [6.45, 7) is 5.92. The number of likely N-dealkylation sites (tertiary alicyclic amines) is 1. The standard InChI is InChI=1S/C30H38Cl2N2O5S/c1-4-24(19-33(5-2)40(38,39)25-10-7-11-25)34-28(20-12-14-22(31)15-13-20)26(21-8-6-9-23(32)16-21)17-30(3,29(34)37)18-27(35)36/h6,8-9,12-16,24-26,28H,4-5,7,10-11,17-19H2,1-3H3,(H,35,36). The lowest BCUT2D eigenvalue weighted by Gasteiger charge is -2.52. The summed E-state index contributed by atoms with van der Waals surface area (Å²) in [5, 5.41) is 10.6. The van der Waals surface area contributed by atoms with E-state index in [0.717, 1.165) is 17.5 Å². The van der Waals surface area contributed by atoms with Crippen LogP contribution >= 0.6 is 23.2 Å². The SMILES string of the molecule is CCC(CN(CC)S(=O)(=O)C1CCC1)N1C(=O)C(C)(CC(=O)O)CC(c2cccc(Cl)c2)C1c1ccc(Cl)cc1. The molecule has 0 bridgehead atoms. The molecular formula is C30H38Cl2N2O5S. The summed E-state index contributed by atoms with van der Waals surface area (Å²) in [7, 11) is -3.52. The highest BCUT2D eigenvalue weighted by molar-refractivity contribution is 7.89. The van der Waals surface area contributed by atoms with E-state index in [1.54, 1.807) is 30.0 Å². The smallest absolute Gasteiger partial charge is 0.304 e. The molecule has 218 valence electrons. The highest BCUT2D eigenvalue weighted by Gasteiger charge is 2.52. The van der Waals surface area contributed by atoms with Crippen molar-refractivity contribution in [2.45, 2.75) is 82.5 Å². The van der Waals surface area contributed by atoms with Crippen LogP contribution in [0.25, 0.3) is 0 Å². The molecule has 2 aromatic carbocycles. The lowest BCUT2D eigenvalue weighted by Crippen LogP contribution is -2.59. The third-order valence-corrected chi connectivity index (χ3v) is 11.5. The Kier molecular flexibility index (Phi) is 9.55. The molecule has 4 atom stereocenters. The fourth-order valence-electron chi connectivity index (χ4n) is 6.22. The van der Waals surface area contributed by atoms with Crippen molar-refractivity contribution >= 4 is 45.1 Å². The number of sulfonamides is 1. The monoisotopic (exact) mass is 608 g/mol. The van der Waals surface area contributed by atoms with Crippen molar-refractivity contribution in [3.63, 3.8) is 0 Å². The summed E-state index contributed by atoms with van der Waals surface area (Å²) < 4.78 is 28.4. The molecule has 7 nitrogen and oxygen atoms in total. The molecule has 2 aliphatic rings. The zero-order valence-electron chi connectivity index (χ0n) is 23.2. The molecule has 1 amide bonds. The molecule has 1 aliphatic heterocycles. The number of hydrogen-bond acceptors (Lipinski definition) is 4. The van der Waals surface area contributed by atoms with Crippen LogP contribution in [0.4, 0.5) is 0 Å². The average molecular weight is 610 g/mol. The summed E-state index contributed by atoms with van der Waals surface area (Å²) in [4.78, 5) is 28.2. The largest absolute Gasteiger partial charge is 0.481 e. The summed E-state index contributed by atoms with van der Waals surface area (Å²) in [6.07, 6.45) is 2.67. The fourth-order valence-corrected chi connectivity index (χ4v) is 8.64. The van der Waals surface area contributed by atoms with Crippen molar-refractivity contribution in [3.05, 3.63) is 69.7 Å². The Balaban J connectivity index is 1.86. The normalized spacial score (nSPS) is 24.6. The average Bonchev–Trinajstić information content (AvgIpc) is 2.85. The second-order valence-electron chi connectivity index (χ2n) is 11.3. The number of carboxylic acid groups (broad SMARTS) is 1. The van der Waals surface area contributed by atoms with Crippen molar-refractivity contribution < 1.29 is 23.1 Å². The lowest BCUT2D eigenvalue weighted by atomic mass is 9.67. The number of amides is 1. The summed E-state index contributed by atoms with van der Waals surface area (Å²) >= 11 is 12.6. The van der Waals surface area contributed by atoms with Crippen LogP contribution in [0.5, 0.6) is 0 Å². The number of carboxylic acids is 1. The topological polar surface area (TPSA) is 95.0 Å². The first-order valence-corrected chi connectivity index (χ1v) is 16.2. The van der Waals surface area contributed by atoms with Crippen LogP contribution in [-0.4, -0.2) is 59.0 Å². The van der Waals surface area contributed by atoms with E-state index in [0.29, 0.717) is 42.3 Å². The minimum Gasteiger partial charge on any atom is -0.481 e. The lowest BCUT2D eigenvalue weighted by molar-refractivity contribution is -0.160. The number of carbonyl (C=O) groups excluding carboxylic acids is 1. The second kappa shape index (κ2) is 12.4. The van der Waals surface area contributed by atoms with Gasteiger partial charge in [0.1, 0.15) is 0 Å². The molecule has 0 spiro atoms. The Labute approximate surface area is 247 Å². The number of piperidine rings is 1. The van der Waals surface area contributed by atoms with Crippen LogP contribution in [0.1, 0.15) is 82.4 Å². The van der Waals surface area contributed by atoms with Gasteiger partial charge in [-0.3, -0.25) is 9.59 Å². The van der Waals surface area contributed by atoms with Gasteiger partial charge in [-0.2, -0.15) is 4.31 Å². The number of hydrogen-bond donors (Lipinski definition) is 1. The van der Waals surface area contributed by atoms with Gasteiger partial charge in [0, 0.05) is 35.1 Å². The Bertz CT molecular complexity index is 1330. The van der Waals surface area contributed by atoms with Gasteiger partial charge >= 0.3 is 5.97 Å². The van der Waals surface area contributed by atoms with Gasteiger partial charge in [-0.25, -0.2) is 8.42 Å². The first-order valence-electron chi connectivity index (χ1n) is 14.0. The van der Waals surface area contributed by atoms with Gasteiger partial charge in [0.15, 0.2) is 0 Å². The Hall–Kier alpha value is -2.13. The molecule has 4 rings (SSSR count). The number of carbonyl (C=O) groups is 2. The van der Waals surface area contributed by atoms with E-state index in [1.165, 1.54) is 4.31 Å².